The van der Waals surface area contributed by atoms with E-state index in [1.54, 1.807) is 0 Å². The second-order valence-electron chi connectivity index (χ2n) is 5.69. The van der Waals surface area contributed by atoms with Crippen LogP contribution in [0, 0.1) is 0 Å². The van der Waals surface area contributed by atoms with Crippen LogP contribution < -0.4 is 10.0 Å². The first-order valence-corrected chi connectivity index (χ1v) is 10.4. The number of hydrogen-bond acceptors (Lipinski definition) is 6. The van der Waals surface area contributed by atoms with Gasteiger partial charge in [-0.1, -0.05) is 29.3 Å². The molecular weight excluding hydrogens is 441 g/mol. The third-order valence-electron chi connectivity index (χ3n) is 3.52. The molecule has 1 heterocycles. The van der Waals surface area contributed by atoms with Crippen LogP contribution in [0.25, 0.3) is 0 Å². The van der Waals surface area contributed by atoms with Crippen molar-refractivity contribution in [3.8, 4) is 0 Å². The molecule has 1 amide bonds. The van der Waals surface area contributed by atoms with Crippen LogP contribution >= 0.6 is 23.2 Å². The highest BCUT2D eigenvalue weighted by Gasteiger charge is 2.21. The molecule has 0 fully saturated rings. The third kappa shape index (κ3) is 6.26. The van der Waals surface area contributed by atoms with Crippen molar-refractivity contribution in [1.29, 1.82) is 0 Å². The summed E-state index contributed by atoms with van der Waals surface area (Å²) in [5, 5.41) is 2.86. The smallest absolute Gasteiger partial charge is 0.338 e. The Morgan fingerprint density at radius 2 is 1.93 bits per heavy atom. The van der Waals surface area contributed by atoms with Crippen LogP contribution in [0.4, 0.5) is 5.82 Å². The Hall–Kier alpha value is -2.46. The summed E-state index contributed by atoms with van der Waals surface area (Å²) < 4.78 is 31.4. The van der Waals surface area contributed by atoms with E-state index in [9.17, 15) is 18.0 Å². The van der Waals surface area contributed by atoms with Gasteiger partial charge in [-0.2, -0.15) is 0 Å². The Labute approximate surface area is 177 Å². The molecule has 0 aliphatic heterocycles. The van der Waals surface area contributed by atoms with Gasteiger partial charge in [0.25, 0.3) is 5.91 Å². The number of rotatable bonds is 8. The fraction of sp³-hybridized carbons (Fsp3) is 0.167. The SMILES string of the molecule is C=CCNS(=O)(=O)c1ccc(C(=O)O[C@H](C)C(=O)Nc2ncc(Cl)cc2Cl)cc1. The average molecular weight is 458 g/mol. The maximum Gasteiger partial charge on any atom is 0.338 e. The van der Waals surface area contributed by atoms with Gasteiger partial charge in [0, 0.05) is 12.7 Å². The van der Waals surface area contributed by atoms with Crippen LogP contribution in [0.1, 0.15) is 17.3 Å². The summed E-state index contributed by atoms with van der Waals surface area (Å²) in [4.78, 5) is 28.3. The number of benzene rings is 1. The Morgan fingerprint density at radius 1 is 1.28 bits per heavy atom. The fourth-order valence-corrected chi connectivity index (χ4v) is 3.45. The number of aromatic nitrogens is 1. The molecule has 0 aliphatic carbocycles. The highest BCUT2D eigenvalue weighted by molar-refractivity contribution is 7.89. The Morgan fingerprint density at radius 3 is 2.52 bits per heavy atom. The zero-order chi connectivity index (χ0) is 21.6. The number of halogens is 2. The molecule has 2 aromatic rings. The van der Waals surface area contributed by atoms with Gasteiger partial charge in [-0.05, 0) is 37.3 Å². The standard InChI is InChI=1S/C18H17Cl2N3O5S/c1-3-8-22-29(26,27)14-6-4-12(5-7-14)18(25)28-11(2)17(24)23-16-15(20)9-13(19)10-21-16/h3-7,9-11,22H,1,8H2,2H3,(H,21,23,24)/t11-/m1/s1. The van der Waals surface area contributed by atoms with Gasteiger partial charge < -0.3 is 10.1 Å². The molecule has 0 spiro atoms. The van der Waals surface area contributed by atoms with Gasteiger partial charge in [0.15, 0.2) is 11.9 Å². The van der Waals surface area contributed by atoms with E-state index >= 15 is 0 Å². The molecule has 0 bridgehead atoms. The normalized spacial score (nSPS) is 12.1. The summed E-state index contributed by atoms with van der Waals surface area (Å²) in [5.41, 5.74) is 0.0787. The van der Waals surface area contributed by atoms with Crippen molar-refractivity contribution in [2.75, 3.05) is 11.9 Å². The third-order valence-corrected chi connectivity index (χ3v) is 5.45. The summed E-state index contributed by atoms with van der Waals surface area (Å²) in [7, 11) is -3.71. The van der Waals surface area contributed by atoms with Gasteiger partial charge in [0.05, 0.1) is 20.5 Å². The van der Waals surface area contributed by atoms with E-state index in [1.807, 2.05) is 0 Å². The van der Waals surface area contributed by atoms with E-state index in [0.717, 1.165) is 0 Å². The highest BCUT2D eigenvalue weighted by Crippen LogP contribution is 2.22. The minimum atomic E-state index is -3.71. The minimum Gasteiger partial charge on any atom is -0.449 e. The van der Waals surface area contributed by atoms with E-state index in [4.69, 9.17) is 27.9 Å². The maximum atomic E-state index is 12.2. The molecular formula is C18H17Cl2N3O5S. The van der Waals surface area contributed by atoms with Crippen molar-refractivity contribution >= 4 is 50.9 Å². The number of ether oxygens (including phenoxy) is 1. The summed E-state index contributed by atoms with van der Waals surface area (Å²) in [6.07, 6.45) is 1.55. The van der Waals surface area contributed by atoms with Gasteiger partial charge >= 0.3 is 5.97 Å². The second-order valence-corrected chi connectivity index (χ2v) is 8.30. The molecule has 0 saturated carbocycles. The number of pyridine rings is 1. The lowest BCUT2D eigenvalue weighted by Crippen LogP contribution is -2.30. The number of sulfonamides is 1. The van der Waals surface area contributed by atoms with E-state index in [1.165, 1.54) is 49.5 Å². The number of nitrogens with one attached hydrogen (secondary N) is 2. The zero-order valence-corrected chi connectivity index (χ0v) is 17.5. The summed E-state index contributed by atoms with van der Waals surface area (Å²) >= 11 is 11.7. The lowest BCUT2D eigenvalue weighted by molar-refractivity contribution is -0.123. The summed E-state index contributed by atoms with van der Waals surface area (Å²) in [6, 6.07) is 6.48. The van der Waals surface area contributed by atoms with Gasteiger partial charge in [-0.3, -0.25) is 4.79 Å². The minimum absolute atomic E-state index is 0.0230. The molecule has 0 radical (unpaired) electrons. The molecule has 11 heteroatoms. The molecule has 1 atom stereocenters. The molecule has 1 aromatic carbocycles. The van der Waals surface area contributed by atoms with Crippen LogP contribution in [0.5, 0.6) is 0 Å². The van der Waals surface area contributed by atoms with Gasteiger partial charge in [-0.25, -0.2) is 22.9 Å². The number of carbonyl (C=O) groups is 2. The fourth-order valence-electron chi connectivity index (χ4n) is 2.03. The van der Waals surface area contributed by atoms with Crippen molar-refractivity contribution in [3.05, 3.63) is 64.8 Å². The molecule has 2 N–H and O–H groups in total. The largest absolute Gasteiger partial charge is 0.449 e. The molecule has 29 heavy (non-hydrogen) atoms. The molecule has 0 aliphatic rings. The molecule has 0 unspecified atom stereocenters. The molecule has 1 aromatic heterocycles. The van der Waals surface area contributed by atoms with E-state index in [-0.39, 0.29) is 27.8 Å². The molecule has 2 rings (SSSR count). The number of amides is 1. The van der Waals surface area contributed by atoms with Crippen LogP contribution in [0.3, 0.4) is 0 Å². The van der Waals surface area contributed by atoms with Crippen LogP contribution in [0.15, 0.2) is 54.1 Å². The molecule has 154 valence electrons. The number of hydrogen-bond donors (Lipinski definition) is 2. The quantitative estimate of drug-likeness (QED) is 0.464. The first-order valence-electron chi connectivity index (χ1n) is 8.17. The van der Waals surface area contributed by atoms with Crippen LogP contribution in [-0.4, -0.2) is 37.9 Å². The van der Waals surface area contributed by atoms with Gasteiger partial charge in [0.2, 0.25) is 10.0 Å². The van der Waals surface area contributed by atoms with Crippen LogP contribution in [0.2, 0.25) is 10.0 Å². The number of carbonyl (C=O) groups excluding carboxylic acids is 2. The van der Waals surface area contributed by atoms with Crippen molar-refractivity contribution < 1.29 is 22.7 Å². The predicted octanol–water partition coefficient (Wildman–Crippen LogP) is 3.04. The van der Waals surface area contributed by atoms with Gasteiger partial charge in [-0.15, -0.1) is 6.58 Å². The number of esters is 1. The van der Waals surface area contributed by atoms with Crippen LogP contribution in [-0.2, 0) is 19.6 Å². The predicted molar refractivity (Wildman–Crippen MR) is 110 cm³/mol. The summed E-state index contributed by atoms with van der Waals surface area (Å²) in [6.45, 7) is 4.88. The lowest BCUT2D eigenvalue weighted by Gasteiger charge is -2.14. The monoisotopic (exact) mass is 457 g/mol. The Bertz CT molecular complexity index is 1030. The Kier molecular flexibility index (Phi) is 7.74. The maximum absolute atomic E-state index is 12.2. The van der Waals surface area contributed by atoms with Crippen molar-refractivity contribution in [3.63, 3.8) is 0 Å². The molecule has 0 saturated heterocycles. The van der Waals surface area contributed by atoms with E-state index in [2.05, 4.69) is 21.6 Å². The zero-order valence-electron chi connectivity index (χ0n) is 15.2. The molecule has 8 nitrogen and oxygen atoms in total. The van der Waals surface area contributed by atoms with Gasteiger partial charge in [0.1, 0.15) is 0 Å². The van der Waals surface area contributed by atoms with Crippen molar-refractivity contribution in [1.82, 2.24) is 9.71 Å². The highest BCUT2D eigenvalue weighted by atomic mass is 35.5. The Balaban J connectivity index is 2.01. The number of anilines is 1. The number of nitrogens with zero attached hydrogens (tertiary/aromatic N) is 1. The van der Waals surface area contributed by atoms with Crippen molar-refractivity contribution in [2.24, 2.45) is 0 Å². The average Bonchev–Trinajstić information content (AvgIpc) is 2.68. The second kappa shape index (κ2) is 9.84. The first kappa shape index (κ1) is 22.8. The first-order chi connectivity index (χ1) is 13.6. The topological polar surface area (TPSA) is 114 Å². The van der Waals surface area contributed by atoms with E-state index in [0.29, 0.717) is 5.02 Å². The van der Waals surface area contributed by atoms with Crippen molar-refractivity contribution in [2.45, 2.75) is 17.9 Å². The van der Waals surface area contributed by atoms with E-state index < -0.39 is 28.0 Å². The summed E-state index contributed by atoms with van der Waals surface area (Å²) in [5.74, 6) is -1.38. The lowest BCUT2D eigenvalue weighted by atomic mass is 10.2.